The van der Waals surface area contributed by atoms with Crippen molar-refractivity contribution in [2.75, 3.05) is 32.8 Å². The van der Waals surface area contributed by atoms with E-state index in [1.165, 1.54) is 19.4 Å². The molecule has 0 aliphatic carbocycles. The topological polar surface area (TPSA) is 95.5 Å². The monoisotopic (exact) mass is 442 g/mol. The van der Waals surface area contributed by atoms with Gasteiger partial charge in [0.2, 0.25) is 5.13 Å². The quantitative estimate of drug-likeness (QED) is 0.422. The minimum atomic E-state index is -0.661. The van der Waals surface area contributed by atoms with Crippen LogP contribution in [0.3, 0.4) is 0 Å². The van der Waals surface area contributed by atoms with Crippen LogP contribution in [0.2, 0.25) is 0 Å². The summed E-state index contributed by atoms with van der Waals surface area (Å²) in [6.07, 6.45) is 6.77. The Hall–Kier alpha value is -3.55. The fraction of sp³-hybridized carbons (Fsp3) is 0.238. The van der Waals surface area contributed by atoms with Crippen LogP contribution in [0.4, 0.5) is 9.52 Å². The highest BCUT2D eigenvalue weighted by molar-refractivity contribution is 7.17. The van der Waals surface area contributed by atoms with Crippen LogP contribution in [0.1, 0.15) is 21.6 Å². The lowest BCUT2D eigenvalue weighted by atomic mass is 9.96. The zero-order valence-corrected chi connectivity index (χ0v) is 17.9. The summed E-state index contributed by atoms with van der Waals surface area (Å²) in [5, 5.41) is 10.9. The number of aromatic nitrogens is 3. The van der Waals surface area contributed by atoms with Gasteiger partial charge in [0.15, 0.2) is 0 Å². The van der Waals surface area contributed by atoms with E-state index in [0.29, 0.717) is 18.9 Å². The Morgan fingerprint density at radius 3 is 2.81 bits per heavy atom. The van der Waals surface area contributed by atoms with E-state index in [-0.39, 0.29) is 38.3 Å². The van der Waals surface area contributed by atoms with Gasteiger partial charge in [0.05, 0.1) is 30.4 Å². The van der Waals surface area contributed by atoms with Crippen molar-refractivity contribution in [3.8, 4) is 34.4 Å². The minimum absolute atomic E-state index is 0.0543. The molecule has 10 heteroatoms. The second-order valence-electron chi connectivity index (χ2n) is 6.19. The summed E-state index contributed by atoms with van der Waals surface area (Å²) < 4.78 is 30.7. The largest absolute Gasteiger partial charge is 0.496 e. The zero-order chi connectivity index (χ0) is 22.4. The molecule has 3 rings (SSSR count). The van der Waals surface area contributed by atoms with Crippen LogP contribution in [0.5, 0.6) is 10.9 Å². The number of rotatable bonds is 8. The molecule has 0 bridgehead atoms. The van der Waals surface area contributed by atoms with Crippen LogP contribution < -0.4 is 14.8 Å². The Bertz CT molecular complexity index is 1140. The maximum absolute atomic E-state index is 15.1. The Morgan fingerprint density at radius 1 is 1.29 bits per heavy atom. The highest BCUT2D eigenvalue weighted by Gasteiger charge is 2.23. The number of carbonyl (C=O) groups excluding carboxylic acids is 1. The summed E-state index contributed by atoms with van der Waals surface area (Å²) in [6.45, 7) is 2.43. The van der Waals surface area contributed by atoms with Gasteiger partial charge < -0.3 is 14.2 Å². The second-order valence-corrected chi connectivity index (χ2v) is 7.13. The van der Waals surface area contributed by atoms with Crippen LogP contribution in [0.15, 0.2) is 24.4 Å². The number of pyridine rings is 1. The molecule has 1 aromatic carbocycles. The van der Waals surface area contributed by atoms with Crippen LogP contribution >= 0.6 is 11.3 Å². The summed E-state index contributed by atoms with van der Waals surface area (Å²) in [5.74, 6) is 1.33. The van der Waals surface area contributed by atoms with Gasteiger partial charge in [0, 0.05) is 24.6 Å². The SMILES string of the molecule is C#Cc1ccc(OC)c(-c2cc(C)ncc2C(=O)Nc2nnc(OCCOC)s2)c1F. The first-order chi connectivity index (χ1) is 15.0. The third-order valence-electron chi connectivity index (χ3n) is 4.17. The maximum Gasteiger partial charge on any atom is 0.295 e. The van der Waals surface area contributed by atoms with Crippen molar-refractivity contribution in [3.05, 3.63) is 47.0 Å². The molecule has 0 aliphatic heterocycles. The number of anilines is 1. The number of nitrogens with zero attached hydrogens (tertiary/aromatic N) is 3. The Labute approximate surface area is 182 Å². The van der Waals surface area contributed by atoms with Crippen molar-refractivity contribution in [2.45, 2.75) is 6.92 Å². The molecule has 0 aliphatic rings. The van der Waals surface area contributed by atoms with Crippen molar-refractivity contribution in [1.82, 2.24) is 15.2 Å². The summed E-state index contributed by atoms with van der Waals surface area (Å²) in [7, 11) is 2.97. The van der Waals surface area contributed by atoms with Crippen LogP contribution in [-0.2, 0) is 4.74 Å². The highest BCUT2D eigenvalue weighted by Crippen LogP contribution is 2.37. The van der Waals surface area contributed by atoms with Crippen molar-refractivity contribution in [1.29, 1.82) is 0 Å². The standard InChI is InChI=1S/C21H19FN4O4S/c1-5-13-6-7-16(29-4)17(18(13)22)14-10-12(2)23-11-15(14)19(27)24-20-25-26-21(31-20)30-9-8-28-3/h1,6-7,10-11H,8-9H2,2-4H3,(H,24,25,27). The van der Waals surface area contributed by atoms with Crippen molar-refractivity contribution in [3.63, 3.8) is 0 Å². The lowest BCUT2D eigenvalue weighted by Gasteiger charge is -2.15. The third kappa shape index (κ3) is 4.96. The molecule has 0 spiro atoms. The smallest absolute Gasteiger partial charge is 0.295 e. The molecule has 8 nitrogen and oxygen atoms in total. The molecule has 1 amide bonds. The maximum atomic E-state index is 15.1. The number of benzene rings is 1. The van der Waals surface area contributed by atoms with Gasteiger partial charge in [-0.2, -0.15) is 0 Å². The zero-order valence-electron chi connectivity index (χ0n) is 17.1. The van der Waals surface area contributed by atoms with Crippen molar-refractivity contribution < 1.29 is 23.4 Å². The molecule has 0 saturated carbocycles. The predicted octanol–water partition coefficient (Wildman–Crippen LogP) is 3.32. The van der Waals surface area contributed by atoms with E-state index in [9.17, 15) is 4.79 Å². The van der Waals surface area contributed by atoms with Crippen LogP contribution in [-0.4, -0.2) is 48.5 Å². The van der Waals surface area contributed by atoms with E-state index < -0.39 is 11.7 Å². The number of methoxy groups -OCH3 is 2. The molecule has 0 saturated heterocycles. The van der Waals surface area contributed by atoms with E-state index in [1.807, 2.05) is 0 Å². The van der Waals surface area contributed by atoms with E-state index >= 15 is 4.39 Å². The predicted molar refractivity (Wildman–Crippen MR) is 114 cm³/mol. The van der Waals surface area contributed by atoms with Gasteiger partial charge in [0.1, 0.15) is 18.2 Å². The van der Waals surface area contributed by atoms with Gasteiger partial charge in [-0.05, 0) is 36.5 Å². The molecule has 2 aromatic heterocycles. The second kappa shape index (κ2) is 9.97. The lowest BCUT2D eigenvalue weighted by Crippen LogP contribution is -2.14. The molecule has 2 heterocycles. The molecule has 0 radical (unpaired) electrons. The number of hydrogen-bond acceptors (Lipinski definition) is 8. The molecular formula is C21H19FN4O4S. The number of terminal acetylenes is 1. The Morgan fingerprint density at radius 2 is 2.10 bits per heavy atom. The first-order valence-corrected chi connectivity index (χ1v) is 9.86. The number of hydrogen-bond donors (Lipinski definition) is 1. The fourth-order valence-corrected chi connectivity index (χ4v) is 3.35. The fourth-order valence-electron chi connectivity index (χ4n) is 2.73. The molecular weight excluding hydrogens is 423 g/mol. The number of carbonyl (C=O) groups is 1. The number of amides is 1. The van der Waals surface area contributed by atoms with E-state index in [0.717, 1.165) is 11.3 Å². The Balaban J connectivity index is 1.96. The summed E-state index contributed by atoms with van der Waals surface area (Å²) in [4.78, 5) is 17.2. The molecule has 0 unspecified atom stereocenters. The van der Waals surface area contributed by atoms with Crippen LogP contribution in [0, 0.1) is 25.1 Å². The first-order valence-electron chi connectivity index (χ1n) is 9.05. The molecule has 160 valence electrons. The summed E-state index contributed by atoms with van der Waals surface area (Å²) >= 11 is 1.05. The molecule has 0 fully saturated rings. The van der Waals surface area contributed by atoms with Gasteiger partial charge in [-0.15, -0.1) is 11.5 Å². The van der Waals surface area contributed by atoms with Gasteiger partial charge in [-0.25, -0.2) is 4.39 Å². The normalized spacial score (nSPS) is 10.4. The average molecular weight is 442 g/mol. The van der Waals surface area contributed by atoms with Gasteiger partial charge in [-0.1, -0.05) is 11.0 Å². The van der Waals surface area contributed by atoms with Gasteiger partial charge in [0.25, 0.3) is 11.1 Å². The number of aryl methyl sites for hydroxylation is 1. The lowest BCUT2D eigenvalue weighted by molar-refractivity contribution is 0.102. The van der Waals surface area contributed by atoms with E-state index in [4.69, 9.17) is 20.6 Å². The van der Waals surface area contributed by atoms with Crippen LogP contribution in [0.25, 0.3) is 11.1 Å². The molecule has 0 atom stereocenters. The summed E-state index contributed by atoms with van der Waals surface area (Å²) in [5.41, 5.74) is 1.13. The molecule has 1 N–H and O–H groups in total. The number of ether oxygens (including phenoxy) is 3. The summed E-state index contributed by atoms with van der Waals surface area (Å²) in [6, 6.07) is 4.59. The van der Waals surface area contributed by atoms with E-state index in [1.54, 1.807) is 26.2 Å². The number of halogens is 1. The van der Waals surface area contributed by atoms with Crippen molar-refractivity contribution >= 4 is 22.4 Å². The van der Waals surface area contributed by atoms with Crippen molar-refractivity contribution in [2.24, 2.45) is 0 Å². The minimum Gasteiger partial charge on any atom is -0.496 e. The number of nitrogens with one attached hydrogen (secondary N) is 1. The molecule has 3 aromatic rings. The third-order valence-corrected chi connectivity index (χ3v) is 4.92. The van der Waals surface area contributed by atoms with E-state index in [2.05, 4.69) is 26.4 Å². The van der Waals surface area contributed by atoms with Gasteiger partial charge >= 0.3 is 0 Å². The average Bonchev–Trinajstić information content (AvgIpc) is 3.20. The highest BCUT2D eigenvalue weighted by atomic mass is 32.1. The molecule has 31 heavy (non-hydrogen) atoms. The van der Waals surface area contributed by atoms with Gasteiger partial charge in [-0.3, -0.25) is 15.1 Å². The first kappa shape index (κ1) is 22.1. The Kier molecular flexibility index (Phi) is 7.12.